The van der Waals surface area contributed by atoms with E-state index in [0.29, 0.717) is 19.6 Å². The topological polar surface area (TPSA) is 27.7 Å². The normalized spacial score (nSPS) is 13.8. The molecule has 19 heavy (non-hydrogen) atoms. The maximum absolute atomic E-state index is 6.02. The van der Waals surface area contributed by atoms with E-state index >= 15 is 0 Å². The molecule has 0 radical (unpaired) electrons. The molecule has 1 aromatic rings. The average molecular weight is 272 g/mol. The van der Waals surface area contributed by atoms with Crippen molar-refractivity contribution in [3.63, 3.8) is 0 Å². The van der Waals surface area contributed by atoms with Gasteiger partial charge in [0.25, 0.3) is 0 Å². The third-order valence-electron chi connectivity index (χ3n) is 2.58. The predicted octanol–water partition coefficient (Wildman–Crippen LogP) is 2.98. The van der Waals surface area contributed by atoms with Crippen LogP contribution in [0.15, 0.2) is 43.0 Å². The first-order chi connectivity index (χ1) is 9.26. The van der Waals surface area contributed by atoms with Crippen LogP contribution in [0.1, 0.15) is 13.3 Å². The molecular weight excluding hydrogens is 251 g/mol. The van der Waals surface area contributed by atoms with Crippen LogP contribution in [0.4, 0.5) is 0 Å². The summed E-state index contributed by atoms with van der Waals surface area (Å²) in [7, 11) is 0. The van der Waals surface area contributed by atoms with Crippen LogP contribution in [0.2, 0.25) is 3.67 Å². The molecule has 0 aliphatic rings. The number of para-hydroxylation sites is 1. The van der Waals surface area contributed by atoms with Gasteiger partial charge in [-0.2, -0.15) is 0 Å². The fourth-order valence-electron chi connectivity index (χ4n) is 1.82. The SMILES string of the molecule is C=CCC(COC[CH2][Na])(OCC)Oc1ccccc1. The van der Waals surface area contributed by atoms with Gasteiger partial charge in [0.05, 0.1) is 0 Å². The molecule has 0 aliphatic heterocycles. The second-order valence-electron chi connectivity index (χ2n) is 4.30. The molecule has 1 atom stereocenters. The molecule has 0 amide bonds. The van der Waals surface area contributed by atoms with E-state index in [2.05, 4.69) is 6.58 Å². The fourth-order valence-corrected chi connectivity index (χ4v) is 2.11. The summed E-state index contributed by atoms with van der Waals surface area (Å²) in [6, 6.07) is 9.69. The van der Waals surface area contributed by atoms with Crippen molar-refractivity contribution in [1.29, 1.82) is 0 Å². The van der Waals surface area contributed by atoms with E-state index in [-0.39, 0.29) is 0 Å². The van der Waals surface area contributed by atoms with Crippen LogP contribution in [-0.2, 0) is 9.47 Å². The molecule has 1 aromatic carbocycles. The van der Waals surface area contributed by atoms with Crippen LogP contribution in [0.5, 0.6) is 5.75 Å². The van der Waals surface area contributed by atoms with Crippen molar-refractivity contribution in [2.24, 2.45) is 0 Å². The van der Waals surface area contributed by atoms with Crippen LogP contribution in [0.3, 0.4) is 0 Å². The van der Waals surface area contributed by atoms with Gasteiger partial charge < -0.3 is 0 Å². The molecule has 4 heteroatoms. The summed E-state index contributed by atoms with van der Waals surface area (Å²) in [5, 5.41) is 0. The van der Waals surface area contributed by atoms with Crippen molar-refractivity contribution in [1.82, 2.24) is 0 Å². The van der Waals surface area contributed by atoms with E-state index in [9.17, 15) is 0 Å². The first-order valence-electron chi connectivity index (χ1n) is 6.83. The molecule has 1 rings (SSSR count). The van der Waals surface area contributed by atoms with Gasteiger partial charge >= 0.3 is 134 Å². The minimum absolute atomic E-state index is 0.421. The van der Waals surface area contributed by atoms with Gasteiger partial charge in [-0.15, -0.1) is 0 Å². The first-order valence-corrected chi connectivity index (χ1v) is 8.24. The Morgan fingerprint density at radius 1 is 1.32 bits per heavy atom. The molecule has 0 aromatic heterocycles. The van der Waals surface area contributed by atoms with Gasteiger partial charge in [0.1, 0.15) is 0 Å². The molecule has 0 saturated carbocycles. The Balaban J connectivity index is 2.78. The Bertz CT molecular complexity index is 356. The second kappa shape index (κ2) is 9.56. The van der Waals surface area contributed by atoms with E-state index in [4.69, 9.17) is 14.2 Å². The Morgan fingerprint density at radius 3 is 2.63 bits per heavy atom. The first kappa shape index (κ1) is 16.7. The van der Waals surface area contributed by atoms with Crippen LogP contribution in [0, 0.1) is 0 Å². The molecule has 0 aliphatic carbocycles. The molecule has 0 saturated heterocycles. The number of rotatable bonds is 10. The van der Waals surface area contributed by atoms with Crippen LogP contribution < -0.4 is 4.74 Å². The van der Waals surface area contributed by atoms with Gasteiger partial charge in [-0.3, -0.25) is 0 Å². The summed E-state index contributed by atoms with van der Waals surface area (Å²) in [6.45, 7) is 7.50. The standard InChI is InChI=1S/C15H21O3.Na/c1-4-12-15(17-6-3,13-16-5-2)18-14-10-8-7-9-11-14;/h4,7-11H,1-2,5-6,12-13H2,3H3;. The van der Waals surface area contributed by atoms with Gasteiger partial charge in [0, 0.05) is 0 Å². The van der Waals surface area contributed by atoms with Gasteiger partial charge in [-0.1, -0.05) is 0 Å². The number of benzene rings is 1. The molecule has 0 spiro atoms. The molecule has 0 bridgehead atoms. The van der Waals surface area contributed by atoms with Crippen molar-refractivity contribution in [3.8, 4) is 5.75 Å². The van der Waals surface area contributed by atoms with Crippen LogP contribution >= 0.6 is 0 Å². The summed E-state index contributed by atoms with van der Waals surface area (Å²) < 4.78 is 18.6. The van der Waals surface area contributed by atoms with E-state index in [1.54, 1.807) is 0 Å². The molecule has 1 unspecified atom stereocenters. The minimum atomic E-state index is -0.769. The second-order valence-corrected chi connectivity index (χ2v) is 5.30. The number of hydrogen-bond donors (Lipinski definition) is 0. The number of ether oxygens (including phenoxy) is 3. The molecule has 0 fully saturated rings. The van der Waals surface area contributed by atoms with E-state index in [0.717, 1.165) is 44.0 Å². The summed E-state index contributed by atoms with van der Waals surface area (Å²) in [5.74, 6) is 0.0152. The molecule has 100 valence electrons. The van der Waals surface area contributed by atoms with Gasteiger partial charge in [0.2, 0.25) is 0 Å². The van der Waals surface area contributed by atoms with Gasteiger partial charge in [0.15, 0.2) is 0 Å². The zero-order chi connectivity index (χ0) is 14.0. The van der Waals surface area contributed by atoms with E-state index in [1.807, 2.05) is 43.3 Å². The Labute approximate surface area is 133 Å². The van der Waals surface area contributed by atoms with Gasteiger partial charge in [-0.25, -0.2) is 0 Å². The van der Waals surface area contributed by atoms with Crippen molar-refractivity contribution in [2.75, 3.05) is 19.8 Å². The van der Waals surface area contributed by atoms with Crippen molar-refractivity contribution in [3.05, 3.63) is 43.0 Å². The average Bonchev–Trinajstić information content (AvgIpc) is 2.41. The summed E-state index contributed by atoms with van der Waals surface area (Å²) >= 11 is 1.15. The molecule has 3 nitrogen and oxygen atoms in total. The molecule has 0 N–H and O–H groups in total. The molecular formula is C15H21NaO3. The zero-order valence-electron chi connectivity index (χ0n) is 11.9. The van der Waals surface area contributed by atoms with Crippen LogP contribution in [-0.4, -0.2) is 53.5 Å². The third-order valence-corrected chi connectivity index (χ3v) is 2.99. The van der Waals surface area contributed by atoms with E-state index < -0.39 is 5.79 Å². The maximum atomic E-state index is 6.02. The summed E-state index contributed by atoms with van der Waals surface area (Å²) in [6.07, 6.45) is 2.40. The Hall–Kier alpha value is -0.320. The monoisotopic (exact) mass is 272 g/mol. The van der Waals surface area contributed by atoms with E-state index in [1.165, 1.54) is 0 Å². The Kier molecular flexibility index (Phi) is 8.42. The van der Waals surface area contributed by atoms with Crippen LogP contribution in [0.25, 0.3) is 0 Å². The zero-order valence-corrected chi connectivity index (χ0v) is 13.9. The fraction of sp³-hybridized carbons (Fsp3) is 0.467. The van der Waals surface area contributed by atoms with Crippen molar-refractivity contribution >= 4 is 27.9 Å². The van der Waals surface area contributed by atoms with Crippen molar-refractivity contribution < 1.29 is 14.2 Å². The predicted molar refractivity (Wildman–Crippen MR) is 77.6 cm³/mol. The summed E-state index contributed by atoms with van der Waals surface area (Å²) in [5.41, 5.74) is 0. The number of hydrogen-bond acceptors (Lipinski definition) is 3. The van der Waals surface area contributed by atoms with Gasteiger partial charge in [-0.05, 0) is 0 Å². The van der Waals surface area contributed by atoms with Crippen molar-refractivity contribution in [2.45, 2.75) is 22.8 Å². The summed E-state index contributed by atoms with van der Waals surface area (Å²) in [4.78, 5) is 0. The third kappa shape index (κ3) is 6.11. The Morgan fingerprint density at radius 2 is 2.05 bits per heavy atom. The quantitative estimate of drug-likeness (QED) is 0.284. The molecule has 0 heterocycles.